The van der Waals surface area contributed by atoms with Gasteiger partial charge in [0.25, 0.3) is 0 Å². The van der Waals surface area contributed by atoms with E-state index in [1.165, 1.54) is 0 Å². The lowest BCUT2D eigenvalue weighted by atomic mass is 10.0. The fourth-order valence-corrected chi connectivity index (χ4v) is 1.96. The van der Waals surface area contributed by atoms with Crippen LogP contribution in [0.4, 0.5) is 0 Å². The van der Waals surface area contributed by atoms with E-state index in [9.17, 15) is 0 Å². The molecule has 0 fully saturated rings. The van der Waals surface area contributed by atoms with E-state index in [-0.39, 0.29) is 0 Å². The molecule has 2 aromatic rings. The Morgan fingerprint density at radius 2 is 1.69 bits per heavy atom. The molecule has 0 aliphatic carbocycles. The van der Waals surface area contributed by atoms with Gasteiger partial charge in [-0.3, -0.25) is 0 Å². The molecule has 1 radical (unpaired) electrons. The first-order chi connectivity index (χ1) is 7.81. The van der Waals surface area contributed by atoms with Crippen LogP contribution in [0.15, 0.2) is 30.3 Å². The molecule has 0 atom stereocenters. The summed E-state index contributed by atoms with van der Waals surface area (Å²) in [6, 6.07) is 10.0. The normalized spacial score (nSPS) is 10.4. The molecule has 2 aromatic carbocycles. The van der Waals surface area contributed by atoms with Crippen molar-refractivity contribution in [2.45, 2.75) is 6.92 Å². The zero-order chi connectivity index (χ0) is 11.5. The zero-order valence-electron chi connectivity index (χ0n) is 9.78. The van der Waals surface area contributed by atoms with Crippen molar-refractivity contribution in [2.24, 2.45) is 0 Å². The van der Waals surface area contributed by atoms with E-state index < -0.39 is 0 Å². The summed E-state index contributed by atoms with van der Waals surface area (Å²) in [5.41, 5.74) is 1.16. The molecule has 0 heterocycles. The van der Waals surface area contributed by atoms with Gasteiger partial charge in [-0.15, -0.1) is 0 Å². The number of hydrogen-bond acceptors (Lipinski definition) is 2. The van der Waals surface area contributed by atoms with Crippen LogP contribution in [0.25, 0.3) is 10.8 Å². The highest BCUT2D eigenvalue weighted by Gasteiger charge is 2.09. The highest BCUT2D eigenvalue weighted by atomic mass is 16.5. The van der Waals surface area contributed by atoms with Crippen molar-refractivity contribution in [1.82, 2.24) is 0 Å². The molecule has 0 unspecified atom stereocenters. The van der Waals surface area contributed by atoms with Crippen LogP contribution < -0.4 is 9.47 Å². The second-order valence-electron chi connectivity index (χ2n) is 3.53. The minimum absolute atomic E-state index is 0.875. The quantitative estimate of drug-likeness (QED) is 0.781. The first-order valence-corrected chi connectivity index (χ1v) is 5.25. The number of hydrogen-bond donors (Lipinski definition) is 0. The Labute approximate surface area is 95.8 Å². The van der Waals surface area contributed by atoms with E-state index >= 15 is 0 Å². The van der Waals surface area contributed by atoms with Crippen molar-refractivity contribution in [1.29, 1.82) is 0 Å². The fraction of sp³-hybridized carbons (Fsp3) is 0.214. The van der Waals surface area contributed by atoms with Crippen LogP contribution in [0.5, 0.6) is 11.5 Å². The maximum absolute atomic E-state index is 5.39. The number of ether oxygens (including phenoxy) is 2. The smallest absolute Gasteiger partial charge is 0.127 e. The van der Waals surface area contributed by atoms with Gasteiger partial charge in [0.05, 0.1) is 14.2 Å². The lowest BCUT2D eigenvalue weighted by Crippen LogP contribution is -1.92. The summed E-state index contributed by atoms with van der Waals surface area (Å²) in [4.78, 5) is 0. The van der Waals surface area contributed by atoms with Crippen LogP contribution in [0.3, 0.4) is 0 Å². The van der Waals surface area contributed by atoms with Crippen LogP contribution in [-0.4, -0.2) is 14.2 Å². The molecule has 16 heavy (non-hydrogen) atoms. The summed E-state index contributed by atoms with van der Waals surface area (Å²) < 4.78 is 10.8. The van der Waals surface area contributed by atoms with Crippen LogP contribution in [0.1, 0.15) is 12.5 Å². The second kappa shape index (κ2) is 4.44. The standard InChI is InChI=1S/C14H15O2/c1-4-10-8-9-12(15-2)11-6-5-7-13(16-3)14(10)11/h4-9H,1-3H3. The minimum Gasteiger partial charge on any atom is -0.496 e. The highest BCUT2D eigenvalue weighted by Crippen LogP contribution is 2.35. The van der Waals surface area contributed by atoms with Crippen molar-refractivity contribution in [3.05, 3.63) is 42.3 Å². The van der Waals surface area contributed by atoms with Gasteiger partial charge in [-0.05, 0) is 24.1 Å². The SMILES string of the molecule is C[CH]c1ccc(OC)c2cccc(OC)c12. The zero-order valence-corrected chi connectivity index (χ0v) is 9.78. The minimum atomic E-state index is 0.875. The van der Waals surface area contributed by atoms with Crippen molar-refractivity contribution in [3.8, 4) is 11.5 Å². The molecular weight excluding hydrogens is 200 g/mol. The number of fused-ring (bicyclic) bond motifs is 1. The molecule has 0 aliphatic heterocycles. The van der Waals surface area contributed by atoms with E-state index in [1.807, 2.05) is 37.3 Å². The molecule has 83 valence electrons. The van der Waals surface area contributed by atoms with E-state index in [0.29, 0.717) is 0 Å². The molecule has 2 heteroatoms. The summed E-state index contributed by atoms with van der Waals surface area (Å²) in [5, 5.41) is 2.18. The predicted octanol–water partition coefficient (Wildman–Crippen LogP) is 3.43. The largest absolute Gasteiger partial charge is 0.496 e. The number of benzene rings is 2. The van der Waals surface area contributed by atoms with E-state index in [2.05, 4.69) is 6.42 Å². The van der Waals surface area contributed by atoms with Crippen LogP contribution in [0.2, 0.25) is 0 Å². The average Bonchev–Trinajstić information content (AvgIpc) is 2.36. The first kappa shape index (κ1) is 10.8. The van der Waals surface area contributed by atoms with Gasteiger partial charge in [-0.2, -0.15) is 0 Å². The van der Waals surface area contributed by atoms with Crippen molar-refractivity contribution >= 4 is 10.8 Å². The van der Waals surface area contributed by atoms with E-state index in [0.717, 1.165) is 27.8 Å². The van der Waals surface area contributed by atoms with E-state index in [4.69, 9.17) is 9.47 Å². The third-order valence-corrected chi connectivity index (χ3v) is 2.75. The molecule has 0 amide bonds. The van der Waals surface area contributed by atoms with Crippen LogP contribution in [0, 0.1) is 6.42 Å². The van der Waals surface area contributed by atoms with Gasteiger partial charge in [-0.1, -0.05) is 25.1 Å². The summed E-state index contributed by atoms with van der Waals surface area (Å²) in [5.74, 6) is 1.75. The molecular formula is C14H15O2. The van der Waals surface area contributed by atoms with Crippen molar-refractivity contribution in [2.75, 3.05) is 14.2 Å². The Kier molecular flexibility index (Phi) is 3.00. The fourth-order valence-electron chi connectivity index (χ4n) is 1.96. The molecule has 0 aromatic heterocycles. The maximum Gasteiger partial charge on any atom is 0.127 e. The molecule has 0 bridgehead atoms. The van der Waals surface area contributed by atoms with Gasteiger partial charge in [0, 0.05) is 10.8 Å². The average molecular weight is 215 g/mol. The second-order valence-corrected chi connectivity index (χ2v) is 3.53. The molecule has 0 aliphatic rings. The molecule has 0 spiro atoms. The van der Waals surface area contributed by atoms with Crippen molar-refractivity contribution in [3.63, 3.8) is 0 Å². The van der Waals surface area contributed by atoms with Crippen LogP contribution >= 0.6 is 0 Å². The predicted molar refractivity (Wildman–Crippen MR) is 66.1 cm³/mol. The van der Waals surface area contributed by atoms with Gasteiger partial charge in [0.15, 0.2) is 0 Å². The molecule has 2 rings (SSSR count). The van der Waals surface area contributed by atoms with Gasteiger partial charge in [-0.25, -0.2) is 0 Å². The van der Waals surface area contributed by atoms with Crippen LogP contribution in [-0.2, 0) is 0 Å². The highest BCUT2D eigenvalue weighted by molar-refractivity contribution is 5.96. The molecule has 0 N–H and O–H groups in total. The number of rotatable bonds is 3. The van der Waals surface area contributed by atoms with Gasteiger partial charge < -0.3 is 9.47 Å². The Balaban J connectivity index is 2.84. The molecule has 2 nitrogen and oxygen atoms in total. The number of methoxy groups -OCH3 is 2. The Morgan fingerprint density at radius 3 is 2.31 bits per heavy atom. The Hall–Kier alpha value is -1.70. The third kappa shape index (κ3) is 1.60. The summed E-state index contributed by atoms with van der Waals surface area (Å²) in [6.45, 7) is 2.02. The monoisotopic (exact) mass is 215 g/mol. The van der Waals surface area contributed by atoms with Gasteiger partial charge in [0.2, 0.25) is 0 Å². The lowest BCUT2D eigenvalue weighted by Gasteiger charge is -2.12. The Bertz CT molecular complexity index is 493. The summed E-state index contributed by atoms with van der Waals surface area (Å²) >= 11 is 0. The van der Waals surface area contributed by atoms with E-state index in [1.54, 1.807) is 14.2 Å². The lowest BCUT2D eigenvalue weighted by molar-refractivity contribution is 0.415. The molecule has 0 saturated heterocycles. The third-order valence-electron chi connectivity index (χ3n) is 2.75. The van der Waals surface area contributed by atoms with Gasteiger partial charge in [0.1, 0.15) is 11.5 Å². The summed E-state index contributed by atoms with van der Waals surface area (Å²) in [7, 11) is 3.37. The van der Waals surface area contributed by atoms with Crippen molar-refractivity contribution < 1.29 is 9.47 Å². The Morgan fingerprint density at radius 1 is 0.938 bits per heavy atom. The first-order valence-electron chi connectivity index (χ1n) is 5.25. The summed E-state index contributed by atoms with van der Waals surface area (Å²) in [6.07, 6.45) is 2.07. The topological polar surface area (TPSA) is 18.5 Å². The maximum atomic E-state index is 5.39. The van der Waals surface area contributed by atoms with Gasteiger partial charge >= 0.3 is 0 Å². The molecule has 0 saturated carbocycles.